The van der Waals surface area contributed by atoms with Gasteiger partial charge < -0.3 is 18.9 Å². The summed E-state index contributed by atoms with van der Waals surface area (Å²) in [6, 6.07) is 5.09. The highest BCUT2D eigenvalue weighted by Gasteiger charge is 2.56. The predicted molar refractivity (Wildman–Crippen MR) is 146 cm³/mol. The van der Waals surface area contributed by atoms with Crippen LogP contribution < -0.4 is 9.47 Å². The van der Waals surface area contributed by atoms with E-state index in [0.717, 1.165) is 60.2 Å². The molecule has 8 saturated carbocycles. The van der Waals surface area contributed by atoms with Crippen LogP contribution in [0.2, 0.25) is 0 Å². The molecule has 0 amide bonds. The van der Waals surface area contributed by atoms with Gasteiger partial charge in [-0.05, 0) is 150 Å². The first-order valence-corrected chi connectivity index (χ1v) is 16.2. The van der Waals surface area contributed by atoms with Crippen LogP contribution in [0.25, 0.3) is 0 Å². The molecule has 0 spiro atoms. The number of epoxide rings is 2. The molecule has 11 rings (SSSR count). The fourth-order valence-electron chi connectivity index (χ4n) is 11.7. The highest BCUT2D eigenvalue weighted by molar-refractivity contribution is 5.56. The van der Waals surface area contributed by atoms with E-state index < -0.39 is 0 Å². The molecule has 10 fully saturated rings. The van der Waals surface area contributed by atoms with Crippen molar-refractivity contribution in [1.29, 1.82) is 0 Å². The monoisotopic (exact) mass is 518 g/mol. The first-order valence-electron chi connectivity index (χ1n) is 16.2. The SMILES string of the molecule is CC(Oc1cc(C23CC4CC(CC(C4)C2)C3)cc(OC(C)C2CO2)c1C12CC3CC(CC(C3)C1)C2)C1CO1. The minimum Gasteiger partial charge on any atom is -0.487 e. The zero-order valence-electron chi connectivity index (χ0n) is 23.5. The normalized spacial score (nSPS) is 48.7. The second kappa shape index (κ2) is 8.15. The molecular formula is C34H46O4. The van der Waals surface area contributed by atoms with Gasteiger partial charge in [-0.1, -0.05) is 0 Å². The Bertz CT molecular complexity index is 1000. The Morgan fingerprint density at radius 3 is 1.29 bits per heavy atom. The quantitative estimate of drug-likeness (QED) is 0.349. The van der Waals surface area contributed by atoms with E-state index in [1.807, 2.05) is 0 Å². The topological polar surface area (TPSA) is 43.5 Å². The van der Waals surface area contributed by atoms with Gasteiger partial charge >= 0.3 is 0 Å². The number of hydrogen-bond donors (Lipinski definition) is 0. The Morgan fingerprint density at radius 1 is 0.605 bits per heavy atom. The third kappa shape index (κ3) is 3.75. The van der Waals surface area contributed by atoms with E-state index in [1.54, 1.807) is 0 Å². The maximum atomic E-state index is 7.02. The number of hydrogen-bond acceptors (Lipinski definition) is 4. The third-order valence-corrected chi connectivity index (χ3v) is 12.7. The lowest BCUT2D eigenvalue weighted by molar-refractivity contribution is -0.0104. The van der Waals surface area contributed by atoms with Gasteiger partial charge in [-0.15, -0.1) is 0 Å². The molecule has 206 valence electrons. The van der Waals surface area contributed by atoms with E-state index in [9.17, 15) is 0 Å². The van der Waals surface area contributed by atoms with Gasteiger partial charge in [0, 0.05) is 11.0 Å². The minimum atomic E-state index is 0.0892. The van der Waals surface area contributed by atoms with E-state index in [-0.39, 0.29) is 29.8 Å². The Morgan fingerprint density at radius 2 is 0.947 bits per heavy atom. The number of ether oxygens (including phenoxy) is 4. The van der Waals surface area contributed by atoms with Crippen molar-refractivity contribution in [1.82, 2.24) is 0 Å². The van der Waals surface area contributed by atoms with E-state index in [1.165, 1.54) is 88.2 Å². The lowest BCUT2D eigenvalue weighted by atomic mass is 9.47. The fourth-order valence-corrected chi connectivity index (χ4v) is 11.7. The molecule has 10 aliphatic rings. The summed E-state index contributed by atoms with van der Waals surface area (Å²) in [7, 11) is 0. The highest BCUT2D eigenvalue weighted by Crippen LogP contribution is 2.65. The fraction of sp³-hybridized carbons (Fsp3) is 0.824. The first-order chi connectivity index (χ1) is 18.4. The molecular weight excluding hydrogens is 472 g/mol. The van der Waals surface area contributed by atoms with Crippen LogP contribution >= 0.6 is 0 Å². The molecule has 0 N–H and O–H groups in total. The Balaban J connectivity index is 1.19. The van der Waals surface area contributed by atoms with Gasteiger partial charge in [-0.3, -0.25) is 0 Å². The van der Waals surface area contributed by atoms with Gasteiger partial charge in [0.15, 0.2) is 0 Å². The Kier molecular flexibility index (Phi) is 5.03. The maximum Gasteiger partial charge on any atom is 0.127 e. The molecule has 8 bridgehead atoms. The molecule has 0 aromatic heterocycles. The van der Waals surface area contributed by atoms with Crippen LogP contribution in [-0.4, -0.2) is 37.6 Å². The van der Waals surface area contributed by atoms with Crippen molar-refractivity contribution in [2.75, 3.05) is 13.2 Å². The lowest BCUT2D eigenvalue weighted by Gasteiger charge is -2.58. The Labute approximate surface area is 228 Å². The predicted octanol–water partition coefficient (Wildman–Crippen LogP) is 6.95. The molecule has 2 aliphatic heterocycles. The van der Waals surface area contributed by atoms with Crippen LogP contribution in [0.15, 0.2) is 12.1 Å². The van der Waals surface area contributed by atoms with Gasteiger partial charge in [0.2, 0.25) is 0 Å². The summed E-state index contributed by atoms with van der Waals surface area (Å²) in [5.41, 5.74) is 3.50. The third-order valence-electron chi connectivity index (χ3n) is 12.7. The summed E-state index contributed by atoms with van der Waals surface area (Å²) in [6.45, 7) is 6.11. The molecule has 2 saturated heterocycles. The van der Waals surface area contributed by atoms with Gasteiger partial charge in [-0.25, -0.2) is 0 Å². The summed E-state index contributed by atoms with van der Waals surface area (Å²) in [5, 5.41) is 0. The molecule has 2 heterocycles. The molecule has 1 aromatic rings. The molecule has 4 nitrogen and oxygen atoms in total. The van der Waals surface area contributed by atoms with Crippen LogP contribution in [0.1, 0.15) is 102 Å². The van der Waals surface area contributed by atoms with Crippen LogP contribution in [0.3, 0.4) is 0 Å². The van der Waals surface area contributed by atoms with Crippen molar-refractivity contribution >= 4 is 0 Å². The molecule has 8 aliphatic carbocycles. The standard InChI is InChI=1S/C34H46O4/c1-19(30-17-35-30)37-28-9-27(33-11-21-3-22(12-33)5-23(4-21)13-33)10-29(38-20(2)31-18-36-31)32(28)34-14-24-6-25(15-34)8-26(7-24)16-34/h9-10,19-26,30-31H,3-8,11-18H2,1-2H3. The lowest BCUT2D eigenvalue weighted by Crippen LogP contribution is -2.50. The van der Waals surface area contributed by atoms with Crippen molar-refractivity contribution in [3.8, 4) is 11.5 Å². The summed E-state index contributed by atoms with van der Waals surface area (Å²) >= 11 is 0. The maximum absolute atomic E-state index is 7.02. The van der Waals surface area contributed by atoms with Crippen molar-refractivity contribution < 1.29 is 18.9 Å². The second-order valence-corrected chi connectivity index (χ2v) is 15.6. The number of benzene rings is 1. The smallest absolute Gasteiger partial charge is 0.127 e. The van der Waals surface area contributed by atoms with Crippen LogP contribution in [0.5, 0.6) is 11.5 Å². The van der Waals surface area contributed by atoms with Gasteiger partial charge in [-0.2, -0.15) is 0 Å². The highest BCUT2D eigenvalue weighted by atomic mass is 16.6. The summed E-state index contributed by atoms with van der Waals surface area (Å²) in [5.74, 6) is 7.75. The molecule has 4 heteroatoms. The molecule has 4 atom stereocenters. The van der Waals surface area contributed by atoms with Gasteiger partial charge in [0.25, 0.3) is 0 Å². The molecule has 0 radical (unpaired) electrons. The van der Waals surface area contributed by atoms with Crippen LogP contribution in [-0.2, 0) is 20.3 Å². The first kappa shape index (κ1) is 23.4. The van der Waals surface area contributed by atoms with Crippen molar-refractivity contribution in [3.63, 3.8) is 0 Å². The summed E-state index contributed by atoms with van der Waals surface area (Å²) in [4.78, 5) is 0. The average molecular weight is 519 g/mol. The van der Waals surface area contributed by atoms with E-state index in [4.69, 9.17) is 18.9 Å². The molecule has 4 unspecified atom stereocenters. The molecule has 1 aromatic carbocycles. The van der Waals surface area contributed by atoms with Crippen LogP contribution in [0, 0.1) is 35.5 Å². The summed E-state index contributed by atoms with van der Waals surface area (Å²) in [6.07, 6.45) is 17.5. The number of rotatable bonds is 8. The average Bonchev–Trinajstić information content (AvgIpc) is 3.75. The van der Waals surface area contributed by atoms with Crippen molar-refractivity contribution in [2.45, 2.75) is 126 Å². The largest absolute Gasteiger partial charge is 0.487 e. The van der Waals surface area contributed by atoms with E-state index in [0.29, 0.717) is 5.41 Å². The van der Waals surface area contributed by atoms with E-state index in [2.05, 4.69) is 26.0 Å². The van der Waals surface area contributed by atoms with Crippen LogP contribution in [0.4, 0.5) is 0 Å². The van der Waals surface area contributed by atoms with Gasteiger partial charge in [0.1, 0.15) is 35.9 Å². The van der Waals surface area contributed by atoms with E-state index >= 15 is 0 Å². The Hall–Kier alpha value is -1.26. The zero-order chi connectivity index (χ0) is 25.2. The summed E-state index contributed by atoms with van der Waals surface area (Å²) < 4.78 is 25.5. The van der Waals surface area contributed by atoms with Crippen molar-refractivity contribution in [2.24, 2.45) is 35.5 Å². The second-order valence-electron chi connectivity index (χ2n) is 15.6. The van der Waals surface area contributed by atoms with Gasteiger partial charge in [0.05, 0.1) is 13.2 Å². The minimum absolute atomic E-state index is 0.0892. The molecule has 38 heavy (non-hydrogen) atoms. The zero-order valence-corrected chi connectivity index (χ0v) is 23.5. The van der Waals surface area contributed by atoms with Crippen molar-refractivity contribution in [3.05, 3.63) is 23.3 Å².